The summed E-state index contributed by atoms with van der Waals surface area (Å²) >= 11 is 0. The highest BCUT2D eigenvalue weighted by Gasteiger charge is 2.18. The molecule has 7 heteroatoms. The first-order valence-electron chi connectivity index (χ1n) is 10.0. The Hall–Kier alpha value is -4.00. The maximum absolute atomic E-state index is 12.9. The van der Waals surface area contributed by atoms with E-state index in [1.807, 2.05) is 80.6 Å². The maximum atomic E-state index is 12.9. The Labute approximate surface area is 180 Å². The van der Waals surface area contributed by atoms with Crippen LogP contribution in [0.15, 0.2) is 83.7 Å². The van der Waals surface area contributed by atoms with Crippen molar-refractivity contribution in [3.05, 3.63) is 112 Å². The minimum Gasteiger partial charge on any atom is -0.344 e. The molecule has 2 aromatic carbocycles. The van der Waals surface area contributed by atoms with Crippen molar-refractivity contribution in [3.63, 3.8) is 0 Å². The van der Waals surface area contributed by atoms with E-state index in [0.29, 0.717) is 5.82 Å². The van der Waals surface area contributed by atoms with Gasteiger partial charge in [-0.25, -0.2) is 9.36 Å². The summed E-state index contributed by atoms with van der Waals surface area (Å²) in [6.45, 7) is 3.61. The van der Waals surface area contributed by atoms with Crippen molar-refractivity contribution in [2.45, 2.75) is 26.4 Å². The Bertz CT molecular complexity index is 1210. The minimum atomic E-state index is -0.351. The quantitative estimate of drug-likeness (QED) is 0.527. The predicted octanol–water partition coefficient (Wildman–Crippen LogP) is 2.95. The number of benzene rings is 2. The van der Waals surface area contributed by atoms with E-state index in [1.54, 1.807) is 10.7 Å². The van der Waals surface area contributed by atoms with Crippen LogP contribution in [0.25, 0.3) is 5.82 Å². The fourth-order valence-corrected chi connectivity index (χ4v) is 3.52. The van der Waals surface area contributed by atoms with Crippen LogP contribution in [0.1, 0.15) is 28.6 Å². The van der Waals surface area contributed by atoms with Crippen molar-refractivity contribution in [1.29, 1.82) is 0 Å². The van der Waals surface area contributed by atoms with Crippen LogP contribution in [0.2, 0.25) is 0 Å². The number of nitrogens with zero attached hydrogens (tertiary/aromatic N) is 4. The zero-order chi connectivity index (χ0) is 21.8. The molecule has 2 aromatic heterocycles. The second-order valence-corrected chi connectivity index (χ2v) is 7.35. The van der Waals surface area contributed by atoms with Gasteiger partial charge in [0, 0.05) is 11.8 Å². The number of amides is 1. The standard InChI is InChI=1S/C24H23N5O2/c1-17-15-18(2)29(26-17)21-13-14-23(31)28(27-21)16-22(30)25-24(19-9-5-3-6-10-19)20-11-7-4-8-12-20/h3-15,24H,16H2,1-2H3,(H,25,30). The normalized spacial score (nSPS) is 10.9. The van der Waals surface area contributed by atoms with Crippen LogP contribution >= 0.6 is 0 Å². The minimum absolute atomic E-state index is 0.192. The van der Waals surface area contributed by atoms with Gasteiger partial charge in [0.2, 0.25) is 5.91 Å². The molecule has 4 rings (SSSR count). The summed E-state index contributed by atoms with van der Waals surface area (Å²) in [6, 6.07) is 24.0. The number of nitrogens with one attached hydrogen (secondary N) is 1. The molecule has 4 aromatic rings. The van der Waals surface area contributed by atoms with Gasteiger partial charge in [0.1, 0.15) is 6.54 Å². The van der Waals surface area contributed by atoms with Crippen LogP contribution in [0.3, 0.4) is 0 Å². The van der Waals surface area contributed by atoms with Crippen molar-refractivity contribution < 1.29 is 4.79 Å². The number of rotatable bonds is 6. The van der Waals surface area contributed by atoms with Crippen LogP contribution in [0.4, 0.5) is 0 Å². The van der Waals surface area contributed by atoms with Gasteiger partial charge in [0.15, 0.2) is 5.82 Å². The van der Waals surface area contributed by atoms with Gasteiger partial charge in [-0.15, -0.1) is 5.10 Å². The molecule has 0 saturated heterocycles. The lowest BCUT2D eigenvalue weighted by Gasteiger charge is -2.20. The first-order chi connectivity index (χ1) is 15.0. The Kier molecular flexibility index (Phi) is 5.75. The van der Waals surface area contributed by atoms with Gasteiger partial charge in [-0.2, -0.15) is 5.10 Å². The first-order valence-corrected chi connectivity index (χ1v) is 10.0. The molecule has 1 amide bonds. The summed E-state index contributed by atoms with van der Waals surface area (Å²) in [6.07, 6.45) is 0. The third-order valence-corrected chi connectivity index (χ3v) is 4.94. The molecule has 0 radical (unpaired) electrons. The number of hydrogen-bond acceptors (Lipinski definition) is 4. The summed E-state index contributed by atoms with van der Waals surface area (Å²) in [5, 5.41) is 11.8. The van der Waals surface area contributed by atoms with Crippen molar-refractivity contribution in [2.75, 3.05) is 0 Å². The number of aromatic nitrogens is 4. The highest BCUT2D eigenvalue weighted by atomic mass is 16.2. The van der Waals surface area contributed by atoms with Crippen LogP contribution in [0, 0.1) is 13.8 Å². The average Bonchev–Trinajstić information content (AvgIpc) is 3.12. The van der Waals surface area contributed by atoms with Gasteiger partial charge in [-0.3, -0.25) is 9.59 Å². The van der Waals surface area contributed by atoms with Gasteiger partial charge in [-0.05, 0) is 37.1 Å². The number of carbonyl (C=O) groups excluding carboxylic acids is 1. The van der Waals surface area contributed by atoms with E-state index in [2.05, 4.69) is 15.5 Å². The summed E-state index contributed by atoms with van der Waals surface area (Å²) < 4.78 is 2.81. The molecular weight excluding hydrogens is 390 g/mol. The molecule has 0 fully saturated rings. The molecule has 0 bridgehead atoms. The van der Waals surface area contributed by atoms with Crippen LogP contribution in [-0.4, -0.2) is 25.5 Å². The number of hydrogen-bond donors (Lipinski definition) is 1. The molecule has 7 nitrogen and oxygen atoms in total. The monoisotopic (exact) mass is 413 g/mol. The Morgan fingerprint density at radius 2 is 1.52 bits per heavy atom. The zero-order valence-corrected chi connectivity index (χ0v) is 17.4. The van der Waals surface area contributed by atoms with Gasteiger partial charge < -0.3 is 5.32 Å². The summed E-state index contributed by atoms with van der Waals surface area (Å²) in [7, 11) is 0. The lowest BCUT2D eigenvalue weighted by Crippen LogP contribution is -2.36. The zero-order valence-electron chi connectivity index (χ0n) is 17.4. The summed E-state index contributed by atoms with van der Waals surface area (Å²) in [4.78, 5) is 25.3. The van der Waals surface area contributed by atoms with E-state index in [4.69, 9.17) is 0 Å². The Balaban J connectivity index is 1.59. The smallest absolute Gasteiger partial charge is 0.267 e. The van der Waals surface area contributed by atoms with E-state index < -0.39 is 0 Å². The molecule has 1 N–H and O–H groups in total. The molecule has 0 aliphatic carbocycles. The highest BCUT2D eigenvalue weighted by Crippen LogP contribution is 2.21. The number of carbonyl (C=O) groups is 1. The van der Waals surface area contributed by atoms with E-state index in [1.165, 1.54) is 6.07 Å². The third-order valence-electron chi connectivity index (χ3n) is 4.94. The van der Waals surface area contributed by atoms with E-state index >= 15 is 0 Å². The molecule has 0 spiro atoms. The Morgan fingerprint density at radius 1 is 0.903 bits per heavy atom. The second-order valence-electron chi connectivity index (χ2n) is 7.35. The lowest BCUT2D eigenvalue weighted by atomic mass is 9.99. The molecular formula is C24H23N5O2. The topological polar surface area (TPSA) is 81.8 Å². The van der Waals surface area contributed by atoms with Crippen molar-refractivity contribution in [3.8, 4) is 5.82 Å². The van der Waals surface area contributed by atoms with Crippen molar-refractivity contribution in [2.24, 2.45) is 0 Å². The fourth-order valence-electron chi connectivity index (χ4n) is 3.52. The maximum Gasteiger partial charge on any atom is 0.267 e. The third kappa shape index (κ3) is 4.61. The van der Waals surface area contributed by atoms with E-state index in [9.17, 15) is 9.59 Å². The molecule has 2 heterocycles. The van der Waals surface area contributed by atoms with Crippen LogP contribution < -0.4 is 10.9 Å². The summed E-state index contributed by atoms with van der Waals surface area (Å²) in [5.74, 6) is 0.179. The Morgan fingerprint density at radius 3 is 2.06 bits per heavy atom. The SMILES string of the molecule is Cc1cc(C)n(-c2ccc(=O)n(CC(=O)NC(c3ccccc3)c3ccccc3)n2)n1. The van der Waals surface area contributed by atoms with Gasteiger partial charge in [0.25, 0.3) is 5.56 Å². The fraction of sp³-hybridized carbons (Fsp3) is 0.167. The largest absolute Gasteiger partial charge is 0.344 e. The highest BCUT2D eigenvalue weighted by molar-refractivity contribution is 5.76. The average molecular weight is 413 g/mol. The van der Waals surface area contributed by atoms with Crippen LogP contribution in [0.5, 0.6) is 0 Å². The molecule has 0 aliphatic heterocycles. The van der Waals surface area contributed by atoms with Gasteiger partial charge >= 0.3 is 0 Å². The molecule has 0 saturated carbocycles. The molecule has 156 valence electrons. The van der Waals surface area contributed by atoms with Gasteiger partial charge in [-0.1, -0.05) is 60.7 Å². The molecule has 31 heavy (non-hydrogen) atoms. The van der Waals surface area contributed by atoms with E-state index in [-0.39, 0.29) is 24.1 Å². The van der Waals surface area contributed by atoms with E-state index in [0.717, 1.165) is 27.2 Å². The second kappa shape index (κ2) is 8.79. The lowest BCUT2D eigenvalue weighted by molar-refractivity contribution is -0.122. The predicted molar refractivity (Wildman–Crippen MR) is 118 cm³/mol. The molecule has 0 unspecified atom stereocenters. The first kappa shape index (κ1) is 20.3. The van der Waals surface area contributed by atoms with Crippen LogP contribution in [-0.2, 0) is 11.3 Å². The van der Waals surface area contributed by atoms with Crippen molar-refractivity contribution >= 4 is 5.91 Å². The number of aryl methyl sites for hydroxylation is 2. The van der Waals surface area contributed by atoms with Gasteiger partial charge in [0.05, 0.1) is 11.7 Å². The summed E-state index contributed by atoms with van der Waals surface area (Å²) in [5.41, 5.74) is 3.31. The molecule has 0 aliphatic rings. The molecule has 0 atom stereocenters. The van der Waals surface area contributed by atoms with Crippen molar-refractivity contribution in [1.82, 2.24) is 24.9 Å².